The first-order valence-corrected chi connectivity index (χ1v) is 9.80. The second-order valence-corrected chi connectivity index (χ2v) is 7.38. The molecule has 2 aromatic carbocycles. The predicted octanol–water partition coefficient (Wildman–Crippen LogP) is 4.32. The molecule has 1 unspecified atom stereocenters. The molecule has 1 N–H and O–H groups in total. The molecule has 26 heavy (non-hydrogen) atoms. The Balaban J connectivity index is 1.68. The van der Waals surface area contributed by atoms with Crippen LogP contribution < -0.4 is 14.8 Å². The monoisotopic (exact) mass is 373 g/mol. The highest BCUT2D eigenvalue weighted by Gasteiger charge is 2.13. The number of nitrogens with one attached hydrogen (secondary N) is 1. The van der Waals surface area contributed by atoms with Crippen molar-refractivity contribution in [2.45, 2.75) is 36.8 Å². The van der Waals surface area contributed by atoms with Crippen LogP contribution in [0.3, 0.4) is 0 Å². The molecule has 0 aliphatic rings. The fourth-order valence-corrected chi connectivity index (χ4v) is 3.33. The Bertz CT molecular complexity index is 671. The summed E-state index contributed by atoms with van der Waals surface area (Å²) in [5.74, 6) is 1.65. The topological polar surface area (TPSA) is 47.6 Å². The van der Waals surface area contributed by atoms with Gasteiger partial charge in [0.05, 0.1) is 18.9 Å². The van der Waals surface area contributed by atoms with Crippen LogP contribution in [0.5, 0.6) is 11.5 Å². The predicted molar refractivity (Wildman–Crippen MR) is 107 cm³/mol. The van der Waals surface area contributed by atoms with Crippen molar-refractivity contribution in [1.82, 2.24) is 5.32 Å². The van der Waals surface area contributed by atoms with E-state index in [4.69, 9.17) is 9.47 Å². The van der Waals surface area contributed by atoms with E-state index in [0.717, 1.165) is 29.2 Å². The lowest BCUT2D eigenvalue weighted by atomic mass is 10.1. The van der Waals surface area contributed by atoms with Crippen LogP contribution in [-0.2, 0) is 11.2 Å². The van der Waals surface area contributed by atoms with Crippen LogP contribution in [0.25, 0.3) is 0 Å². The van der Waals surface area contributed by atoms with E-state index in [1.165, 1.54) is 17.3 Å². The lowest BCUT2D eigenvalue weighted by Crippen LogP contribution is -2.33. The second-order valence-electron chi connectivity index (χ2n) is 5.97. The number of hydrogen-bond acceptors (Lipinski definition) is 4. The summed E-state index contributed by atoms with van der Waals surface area (Å²) in [6.07, 6.45) is 2.22. The second kappa shape index (κ2) is 10.8. The van der Waals surface area contributed by atoms with Crippen molar-refractivity contribution >= 4 is 17.7 Å². The van der Waals surface area contributed by atoms with Crippen LogP contribution in [0.1, 0.15) is 25.8 Å². The van der Waals surface area contributed by atoms with Crippen molar-refractivity contribution in [3.8, 4) is 11.5 Å². The molecule has 2 aromatic rings. The third kappa shape index (κ3) is 6.64. The molecule has 0 aliphatic heterocycles. The van der Waals surface area contributed by atoms with Crippen LogP contribution in [0, 0.1) is 0 Å². The van der Waals surface area contributed by atoms with Crippen LogP contribution in [0.15, 0.2) is 53.4 Å². The summed E-state index contributed by atoms with van der Waals surface area (Å²) in [5.41, 5.74) is 1.32. The van der Waals surface area contributed by atoms with E-state index in [1.807, 2.05) is 43.3 Å². The SMILES string of the molecule is CCCc1ccc(OCCNC(=O)C(C)Sc2ccc(OC)cc2)cc1. The van der Waals surface area contributed by atoms with Crippen molar-refractivity contribution in [2.24, 2.45) is 0 Å². The molecule has 0 fully saturated rings. The number of benzene rings is 2. The number of carbonyl (C=O) groups excluding carboxylic acids is 1. The van der Waals surface area contributed by atoms with E-state index in [2.05, 4.69) is 24.4 Å². The average molecular weight is 374 g/mol. The minimum atomic E-state index is -0.170. The molecule has 1 amide bonds. The van der Waals surface area contributed by atoms with E-state index in [1.54, 1.807) is 7.11 Å². The number of thioether (sulfide) groups is 1. The molecule has 0 aromatic heterocycles. The molecule has 2 rings (SSSR count). The zero-order chi connectivity index (χ0) is 18.8. The zero-order valence-electron chi connectivity index (χ0n) is 15.7. The average Bonchev–Trinajstić information content (AvgIpc) is 2.67. The van der Waals surface area contributed by atoms with Crippen LogP contribution in [-0.4, -0.2) is 31.4 Å². The first-order valence-electron chi connectivity index (χ1n) is 8.92. The van der Waals surface area contributed by atoms with E-state index >= 15 is 0 Å². The summed E-state index contributed by atoms with van der Waals surface area (Å²) < 4.78 is 10.8. The molecule has 0 radical (unpaired) electrons. The lowest BCUT2D eigenvalue weighted by molar-refractivity contribution is -0.120. The highest BCUT2D eigenvalue weighted by Crippen LogP contribution is 2.25. The Morgan fingerprint density at radius 1 is 1.08 bits per heavy atom. The molecule has 140 valence electrons. The van der Waals surface area contributed by atoms with Crippen molar-refractivity contribution in [3.05, 3.63) is 54.1 Å². The molecule has 0 spiro atoms. The van der Waals surface area contributed by atoms with Crippen LogP contribution >= 0.6 is 11.8 Å². The Morgan fingerprint density at radius 3 is 2.35 bits per heavy atom. The van der Waals surface area contributed by atoms with Crippen LogP contribution in [0.2, 0.25) is 0 Å². The Morgan fingerprint density at radius 2 is 1.73 bits per heavy atom. The van der Waals surface area contributed by atoms with Crippen molar-refractivity contribution in [2.75, 3.05) is 20.3 Å². The highest BCUT2D eigenvalue weighted by atomic mass is 32.2. The quantitative estimate of drug-likeness (QED) is 0.498. The van der Waals surface area contributed by atoms with Gasteiger partial charge in [0.15, 0.2) is 0 Å². The van der Waals surface area contributed by atoms with Gasteiger partial charge < -0.3 is 14.8 Å². The van der Waals surface area contributed by atoms with Crippen molar-refractivity contribution in [3.63, 3.8) is 0 Å². The Labute approximate surface area is 160 Å². The van der Waals surface area contributed by atoms with Gasteiger partial charge in [-0.2, -0.15) is 0 Å². The van der Waals surface area contributed by atoms with Crippen LogP contribution in [0.4, 0.5) is 0 Å². The van der Waals surface area contributed by atoms with Gasteiger partial charge in [-0.3, -0.25) is 4.79 Å². The van der Waals surface area contributed by atoms with Gasteiger partial charge in [0.2, 0.25) is 5.91 Å². The van der Waals surface area contributed by atoms with E-state index in [0.29, 0.717) is 13.2 Å². The molecule has 4 nitrogen and oxygen atoms in total. The van der Waals surface area contributed by atoms with E-state index in [-0.39, 0.29) is 11.2 Å². The van der Waals surface area contributed by atoms with Gasteiger partial charge in [0, 0.05) is 4.90 Å². The summed E-state index contributed by atoms with van der Waals surface area (Å²) in [6, 6.07) is 15.8. The number of methoxy groups -OCH3 is 1. The van der Waals surface area contributed by atoms with Gasteiger partial charge in [-0.25, -0.2) is 0 Å². The fourth-order valence-electron chi connectivity index (χ4n) is 2.44. The molecule has 5 heteroatoms. The standard InChI is InChI=1S/C21H27NO3S/c1-4-5-17-6-8-19(9-7-17)25-15-14-22-21(23)16(2)26-20-12-10-18(24-3)11-13-20/h6-13,16H,4-5,14-15H2,1-3H3,(H,22,23). The smallest absolute Gasteiger partial charge is 0.233 e. The molecule has 0 bridgehead atoms. The Kier molecular flexibility index (Phi) is 8.35. The van der Waals surface area contributed by atoms with Crippen molar-refractivity contribution < 1.29 is 14.3 Å². The van der Waals surface area contributed by atoms with Crippen molar-refractivity contribution in [1.29, 1.82) is 0 Å². The van der Waals surface area contributed by atoms with Gasteiger partial charge in [-0.15, -0.1) is 11.8 Å². The lowest BCUT2D eigenvalue weighted by Gasteiger charge is -2.13. The number of ether oxygens (including phenoxy) is 2. The number of hydrogen-bond donors (Lipinski definition) is 1. The summed E-state index contributed by atoms with van der Waals surface area (Å²) in [7, 11) is 1.64. The van der Waals surface area contributed by atoms with Gasteiger partial charge in [0.25, 0.3) is 0 Å². The van der Waals surface area contributed by atoms with Gasteiger partial charge >= 0.3 is 0 Å². The van der Waals surface area contributed by atoms with Gasteiger partial charge in [-0.05, 0) is 55.3 Å². The summed E-state index contributed by atoms with van der Waals surface area (Å²) in [6.45, 7) is 5.01. The molecule has 0 aliphatic carbocycles. The summed E-state index contributed by atoms with van der Waals surface area (Å²) in [5, 5.41) is 2.75. The van der Waals surface area contributed by atoms with Gasteiger partial charge in [-0.1, -0.05) is 25.5 Å². The number of carbonyl (C=O) groups is 1. The first kappa shape index (κ1) is 20.2. The summed E-state index contributed by atoms with van der Waals surface area (Å²) in [4.78, 5) is 13.2. The molecule has 0 saturated carbocycles. The summed E-state index contributed by atoms with van der Waals surface area (Å²) >= 11 is 1.52. The maximum Gasteiger partial charge on any atom is 0.233 e. The largest absolute Gasteiger partial charge is 0.497 e. The number of aryl methyl sites for hydroxylation is 1. The van der Waals surface area contributed by atoms with Gasteiger partial charge in [0.1, 0.15) is 18.1 Å². The Hall–Kier alpha value is -2.14. The van der Waals surface area contributed by atoms with E-state index < -0.39 is 0 Å². The maximum atomic E-state index is 12.2. The minimum absolute atomic E-state index is 0.00714. The molecular weight excluding hydrogens is 346 g/mol. The third-order valence-electron chi connectivity index (χ3n) is 3.87. The normalized spacial score (nSPS) is 11.7. The molecule has 0 heterocycles. The zero-order valence-corrected chi connectivity index (χ0v) is 16.5. The molecule has 0 saturated heterocycles. The highest BCUT2D eigenvalue weighted by molar-refractivity contribution is 8.00. The first-order chi connectivity index (χ1) is 12.6. The maximum absolute atomic E-state index is 12.2. The molecule has 1 atom stereocenters. The molecular formula is C21H27NO3S. The third-order valence-corrected chi connectivity index (χ3v) is 4.99. The fraction of sp³-hybridized carbons (Fsp3) is 0.381. The van der Waals surface area contributed by atoms with E-state index in [9.17, 15) is 4.79 Å². The minimum Gasteiger partial charge on any atom is -0.497 e. The number of rotatable bonds is 10. The number of amides is 1.